The highest BCUT2D eigenvalue weighted by atomic mass is 16.3. The van der Waals surface area contributed by atoms with Gasteiger partial charge in [-0.3, -0.25) is 0 Å². The van der Waals surface area contributed by atoms with Crippen molar-refractivity contribution in [1.29, 1.82) is 0 Å². The van der Waals surface area contributed by atoms with Crippen molar-refractivity contribution < 1.29 is 9.90 Å². The third-order valence-corrected chi connectivity index (χ3v) is 2.56. The van der Waals surface area contributed by atoms with E-state index in [9.17, 15) is 4.79 Å². The molecular weight excluding hydrogens is 242 g/mol. The Morgan fingerprint density at radius 3 is 1.89 bits per heavy atom. The van der Waals surface area contributed by atoms with Gasteiger partial charge in [0.1, 0.15) is 0 Å². The van der Waals surface area contributed by atoms with E-state index in [4.69, 9.17) is 10.8 Å². The smallest absolute Gasteiger partial charge is 0.323 e. The molecule has 5 nitrogen and oxygen atoms in total. The highest BCUT2D eigenvalue weighted by Gasteiger charge is 2.02. The van der Waals surface area contributed by atoms with Crippen molar-refractivity contribution in [3.05, 3.63) is 54.1 Å². The van der Waals surface area contributed by atoms with Gasteiger partial charge in [0.25, 0.3) is 0 Å². The Morgan fingerprint density at radius 1 is 0.947 bits per heavy atom. The minimum atomic E-state index is -0.332. The number of carbonyl (C=O) groups is 1. The number of nitrogens with one attached hydrogen (secondary N) is 2. The first kappa shape index (κ1) is 12.9. The van der Waals surface area contributed by atoms with Crippen LogP contribution in [0.15, 0.2) is 48.5 Å². The van der Waals surface area contributed by atoms with Crippen molar-refractivity contribution in [2.24, 2.45) is 0 Å². The van der Waals surface area contributed by atoms with Crippen molar-refractivity contribution in [2.45, 2.75) is 6.61 Å². The largest absolute Gasteiger partial charge is 0.399 e. The molecule has 0 unspecified atom stereocenters. The molecular formula is C14H15N3O2. The SMILES string of the molecule is Nc1ccc(NC(=O)Nc2ccc(CO)cc2)cc1. The number of carbonyl (C=O) groups excluding carboxylic acids is 1. The van der Waals surface area contributed by atoms with Crippen LogP contribution < -0.4 is 16.4 Å². The number of aliphatic hydroxyl groups excluding tert-OH is 1. The average molecular weight is 257 g/mol. The molecule has 98 valence electrons. The molecule has 0 saturated carbocycles. The van der Waals surface area contributed by atoms with Gasteiger partial charge in [0.2, 0.25) is 0 Å². The lowest BCUT2D eigenvalue weighted by Crippen LogP contribution is -2.19. The Hall–Kier alpha value is -2.53. The summed E-state index contributed by atoms with van der Waals surface area (Å²) in [6, 6.07) is 13.5. The molecule has 5 N–H and O–H groups in total. The van der Waals surface area contributed by atoms with Gasteiger partial charge < -0.3 is 21.5 Å². The molecule has 5 heteroatoms. The minimum absolute atomic E-state index is 0.0160. The summed E-state index contributed by atoms with van der Waals surface area (Å²) in [6.45, 7) is -0.0160. The van der Waals surface area contributed by atoms with E-state index in [-0.39, 0.29) is 12.6 Å². The fraction of sp³-hybridized carbons (Fsp3) is 0.0714. The molecule has 2 amide bonds. The molecule has 19 heavy (non-hydrogen) atoms. The highest BCUT2D eigenvalue weighted by molar-refractivity contribution is 5.99. The topological polar surface area (TPSA) is 87.4 Å². The van der Waals surface area contributed by atoms with Crippen LogP contribution in [0.4, 0.5) is 21.9 Å². The number of benzene rings is 2. The van der Waals surface area contributed by atoms with Crippen LogP contribution in [0.1, 0.15) is 5.56 Å². The zero-order valence-electron chi connectivity index (χ0n) is 10.3. The summed E-state index contributed by atoms with van der Waals surface area (Å²) in [5.41, 5.74) is 8.32. The quantitative estimate of drug-likeness (QED) is 0.637. The lowest BCUT2D eigenvalue weighted by molar-refractivity contribution is 0.262. The third-order valence-electron chi connectivity index (χ3n) is 2.56. The molecule has 0 heterocycles. The van der Waals surface area contributed by atoms with E-state index >= 15 is 0 Å². The lowest BCUT2D eigenvalue weighted by atomic mass is 10.2. The van der Waals surface area contributed by atoms with Gasteiger partial charge in [-0.25, -0.2) is 4.79 Å². The Labute approximate surface area is 111 Å². The lowest BCUT2D eigenvalue weighted by Gasteiger charge is -2.08. The first-order chi connectivity index (χ1) is 9.17. The second-order valence-electron chi connectivity index (χ2n) is 4.06. The number of nitrogen functional groups attached to an aromatic ring is 1. The van der Waals surface area contributed by atoms with Gasteiger partial charge in [-0.05, 0) is 42.0 Å². The van der Waals surface area contributed by atoms with Crippen molar-refractivity contribution >= 4 is 23.1 Å². The molecule has 0 bridgehead atoms. The number of hydrogen-bond acceptors (Lipinski definition) is 3. The van der Waals surface area contributed by atoms with E-state index in [1.165, 1.54) is 0 Å². The number of anilines is 3. The summed E-state index contributed by atoms with van der Waals surface area (Å²) >= 11 is 0. The van der Waals surface area contributed by atoms with Crippen molar-refractivity contribution in [1.82, 2.24) is 0 Å². The molecule has 2 rings (SSSR count). The molecule has 0 atom stereocenters. The van der Waals surface area contributed by atoms with Gasteiger partial charge in [0.05, 0.1) is 6.61 Å². The molecule has 0 aliphatic heterocycles. The molecule has 0 aliphatic rings. The zero-order valence-corrected chi connectivity index (χ0v) is 10.3. The van der Waals surface area contributed by atoms with Crippen LogP contribution in [0, 0.1) is 0 Å². The van der Waals surface area contributed by atoms with Crippen LogP contribution in [0.5, 0.6) is 0 Å². The van der Waals surface area contributed by atoms with Crippen LogP contribution in [-0.2, 0) is 6.61 Å². The molecule has 2 aromatic carbocycles. The molecule has 0 spiro atoms. The Morgan fingerprint density at radius 2 is 1.42 bits per heavy atom. The molecule has 0 saturated heterocycles. The van der Waals surface area contributed by atoms with Gasteiger partial charge in [0.15, 0.2) is 0 Å². The maximum Gasteiger partial charge on any atom is 0.323 e. The summed E-state index contributed by atoms with van der Waals surface area (Å²) in [5, 5.41) is 14.3. The standard InChI is InChI=1S/C14H15N3O2/c15-11-3-7-13(8-4-11)17-14(19)16-12-5-1-10(9-18)2-6-12/h1-8,18H,9,15H2,(H2,16,17,19). The first-order valence-electron chi connectivity index (χ1n) is 5.81. The number of hydrogen-bond donors (Lipinski definition) is 4. The summed E-state index contributed by atoms with van der Waals surface area (Å²) in [5.74, 6) is 0. The second-order valence-corrected chi connectivity index (χ2v) is 4.06. The number of aliphatic hydroxyl groups is 1. The molecule has 0 aliphatic carbocycles. The maximum atomic E-state index is 11.7. The molecule has 0 fully saturated rings. The normalized spacial score (nSPS) is 9.95. The van der Waals surface area contributed by atoms with Crippen LogP contribution in [-0.4, -0.2) is 11.1 Å². The molecule has 0 radical (unpaired) electrons. The second kappa shape index (κ2) is 5.88. The number of amides is 2. The Bertz CT molecular complexity index is 550. The zero-order chi connectivity index (χ0) is 13.7. The van der Waals surface area contributed by atoms with Crippen LogP contribution in [0.3, 0.4) is 0 Å². The van der Waals surface area contributed by atoms with Gasteiger partial charge >= 0.3 is 6.03 Å². The van der Waals surface area contributed by atoms with E-state index in [1.54, 1.807) is 48.5 Å². The van der Waals surface area contributed by atoms with Gasteiger partial charge in [-0.15, -0.1) is 0 Å². The predicted molar refractivity (Wildman–Crippen MR) is 75.9 cm³/mol. The Kier molecular flexibility index (Phi) is 4.00. The first-order valence-corrected chi connectivity index (χ1v) is 5.81. The van der Waals surface area contributed by atoms with Crippen LogP contribution in [0.25, 0.3) is 0 Å². The van der Waals surface area contributed by atoms with E-state index in [0.717, 1.165) is 5.56 Å². The van der Waals surface area contributed by atoms with Crippen molar-refractivity contribution in [3.8, 4) is 0 Å². The highest BCUT2D eigenvalue weighted by Crippen LogP contribution is 2.12. The van der Waals surface area contributed by atoms with Gasteiger partial charge in [-0.2, -0.15) is 0 Å². The summed E-state index contributed by atoms with van der Waals surface area (Å²) in [4.78, 5) is 11.7. The molecule has 0 aromatic heterocycles. The maximum absolute atomic E-state index is 11.7. The van der Waals surface area contributed by atoms with Crippen LogP contribution in [0.2, 0.25) is 0 Å². The summed E-state index contributed by atoms with van der Waals surface area (Å²) in [7, 11) is 0. The van der Waals surface area contributed by atoms with E-state index in [1.807, 2.05) is 0 Å². The van der Waals surface area contributed by atoms with Gasteiger partial charge in [-0.1, -0.05) is 12.1 Å². The van der Waals surface area contributed by atoms with Crippen molar-refractivity contribution in [3.63, 3.8) is 0 Å². The minimum Gasteiger partial charge on any atom is -0.399 e. The predicted octanol–water partition coefficient (Wildman–Crippen LogP) is 2.41. The van der Waals surface area contributed by atoms with E-state index in [0.29, 0.717) is 17.1 Å². The van der Waals surface area contributed by atoms with E-state index < -0.39 is 0 Å². The summed E-state index contributed by atoms with van der Waals surface area (Å²) in [6.07, 6.45) is 0. The number of urea groups is 1. The fourth-order valence-electron chi connectivity index (χ4n) is 1.55. The number of rotatable bonds is 3. The van der Waals surface area contributed by atoms with Gasteiger partial charge in [0, 0.05) is 17.1 Å². The molecule has 2 aromatic rings. The summed E-state index contributed by atoms with van der Waals surface area (Å²) < 4.78 is 0. The monoisotopic (exact) mass is 257 g/mol. The number of nitrogens with two attached hydrogens (primary N) is 1. The van der Waals surface area contributed by atoms with E-state index in [2.05, 4.69) is 10.6 Å². The third kappa shape index (κ3) is 3.72. The fourth-order valence-corrected chi connectivity index (χ4v) is 1.55. The van der Waals surface area contributed by atoms with Crippen LogP contribution >= 0.6 is 0 Å². The average Bonchev–Trinajstić information content (AvgIpc) is 2.42. The Balaban J connectivity index is 1.95. The van der Waals surface area contributed by atoms with Crippen molar-refractivity contribution in [2.75, 3.05) is 16.4 Å².